The van der Waals surface area contributed by atoms with Crippen LogP contribution in [0.3, 0.4) is 0 Å². The fourth-order valence-corrected chi connectivity index (χ4v) is 2.63. The first-order valence-electron chi connectivity index (χ1n) is 7.37. The largest absolute Gasteiger partial charge is 0.478 e. The van der Waals surface area contributed by atoms with Gasteiger partial charge in [0.05, 0.1) is 11.8 Å². The molecule has 0 aliphatic heterocycles. The summed E-state index contributed by atoms with van der Waals surface area (Å²) in [6.07, 6.45) is 8.67. The van der Waals surface area contributed by atoms with Gasteiger partial charge in [0.2, 0.25) is 5.95 Å². The van der Waals surface area contributed by atoms with Crippen LogP contribution >= 0.6 is 0 Å². The number of ether oxygens (including phenoxy) is 1. The van der Waals surface area contributed by atoms with E-state index >= 15 is 0 Å². The lowest BCUT2D eigenvalue weighted by molar-refractivity contribution is -0.131. The molecule has 1 aromatic heterocycles. The summed E-state index contributed by atoms with van der Waals surface area (Å²) in [7, 11) is 1.75. The van der Waals surface area contributed by atoms with Crippen LogP contribution in [0.25, 0.3) is 6.08 Å². The van der Waals surface area contributed by atoms with Gasteiger partial charge in [-0.3, -0.25) is 0 Å². The molecule has 2 rings (SSSR count). The van der Waals surface area contributed by atoms with E-state index in [-0.39, 0.29) is 5.95 Å². The fraction of sp³-hybridized carbons (Fsp3) is 0.533. The van der Waals surface area contributed by atoms with Crippen LogP contribution in [0.5, 0.6) is 0 Å². The standard InChI is InChI=1S/C15H22N4O3/c1-22-12-5-3-11(4-6-12)17-9-13-10(2-7-14(20)21)8-18-15(16)19-13/h2,7-8,11-12,17H,3-6,9H2,1H3,(H,20,21)(H2,16,18,19)/b7-2+. The normalized spacial score (nSPS) is 22.0. The fourth-order valence-electron chi connectivity index (χ4n) is 2.63. The number of hydrogen-bond donors (Lipinski definition) is 3. The summed E-state index contributed by atoms with van der Waals surface area (Å²) in [5, 5.41) is 12.2. The first kappa shape index (κ1) is 16.4. The Hall–Kier alpha value is -1.99. The highest BCUT2D eigenvalue weighted by molar-refractivity contribution is 5.85. The van der Waals surface area contributed by atoms with Crippen LogP contribution in [0, 0.1) is 0 Å². The lowest BCUT2D eigenvalue weighted by atomic mass is 9.93. The number of nitrogens with one attached hydrogen (secondary N) is 1. The average Bonchev–Trinajstić information content (AvgIpc) is 2.52. The molecule has 0 radical (unpaired) electrons. The Morgan fingerprint density at radius 3 is 2.86 bits per heavy atom. The van der Waals surface area contributed by atoms with Crippen LogP contribution in [0.4, 0.5) is 5.95 Å². The molecule has 0 bridgehead atoms. The number of hydrogen-bond acceptors (Lipinski definition) is 6. The summed E-state index contributed by atoms with van der Waals surface area (Å²) in [5.41, 5.74) is 6.99. The maximum absolute atomic E-state index is 10.6. The molecule has 1 heterocycles. The minimum atomic E-state index is -1.01. The number of nitrogens with two attached hydrogens (primary N) is 1. The van der Waals surface area contributed by atoms with Crippen molar-refractivity contribution >= 4 is 18.0 Å². The van der Waals surface area contributed by atoms with E-state index in [1.54, 1.807) is 13.3 Å². The predicted molar refractivity (Wildman–Crippen MR) is 83.0 cm³/mol. The third-order valence-corrected chi connectivity index (χ3v) is 3.89. The van der Waals surface area contributed by atoms with Crippen molar-refractivity contribution in [2.24, 2.45) is 0 Å². The molecule has 1 fully saturated rings. The number of aromatic nitrogens is 2. The highest BCUT2D eigenvalue weighted by atomic mass is 16.5. The van der Waals surface area contributed by atoms with Crippen LogP contribution in [0.1, 0.15) is 36.9 Å². The Morgan fingerprint density at radius 2 is 2.23 bits per heavy atom. The molecule has 0 atom stereocenters. The Morgan fingerprint density at radius 1 is 1.50 bits per heavy atom. The van der Waals surface area contributed by atoms with Gasteiger partial charge in [-0.25, -0.2) is 14.8 Å². The zero-order chi connectivity index (χ0) is 15.9. The number of anilines is 1. The summed E-state index contributed by atoms with van der Waals surface area (Å²) in [5.74, 6) is -0.819. The van der Waals surface area contributed by atoms with Gasteiger partial charge in [-0.05, 0) is 31.8 Å². The van der Waals surface area contributed by atoms with Crippen LogP contribution in [0.2, 0.25) is 0 Å². The van der Waals surface area contributed by atoms with Gasteiger partial charge in [0.1, 0.15) is 0 Å². The molecule has 1 saturated carbocycles. The smallest absolute Gasteiger partial charge is 0.328 e. The highest BCUT2D eigenvalue weighted by Gasteiger charge is 2.20. The topological polar surface area (TPSA) is 110 Å². The van der Waals surface area contributed by atoms with E-state index < -0.39 is 5.97 Å². The number of carboxylic acids is 1. The average molecular weight is 306 g/mol. The van der Waals surface area contributed by atoms with Crippen molar-refractivity contribution in [1.82, 2.24) is 15.3 Å². The van der Waals surface area contributed by atoms with Gasteiger partial charge in [-0.2, -0.15) is 0 Å². The third-order valence-electron chi connectivity index (χ3n) is 3.89. The Labute approximate surface area is 129 Å². The molecule has 0 amide bonds. The number of nitrogens with zero attached hydrogens (tertiary/aromatic N) is 2. The molecule has 1 aliphatic carbocycles. The lowest BCUT2D eigenvalue weighted by Crippen LogP contribution is -2.35. The quantitative estimate of drug-likeness (QED) is 0.677. The molecule has 4 N–H and O–H groups in total. The first-order valence-corrected chi connectivity index (χ1v) is 7.37. The van der Waals surface area contributed by atoms with Gasteiger partial charge >= 0.3 is 5.97 Å². The maximum atomic E-state index is 10.6. The van der Waals surface area contributed by atoms with E-state index in [1.807, 2.05) is 0 Å². The lowest BCUT2D eigenvalue weighted by Gasteiger charge is -2.28. The second-order valence-electron chi connectivity index (χ2n) is 5.39. The number of rotatable bonds is 6. The second kappa shape index (κ2) is 7.86. The van der Waals surface area contributed by atoms with Gasteiger partial charge < -0.3 is 20.9 Å². The van der Waals surface area contributed by atoms with E-state index in [0.717, 1.165) is 31.8 Å². The highest BCUT2D eigenvalue weighted by Crippen LogP contribution is 2.21. The van der Waals surface area contributed by atoms with Crippen LogP contribution in [-0.2, 0) is 16.1 Å². The first-order chi connectivity index (χ1) is 10.6. The van der Waals surface area contributed by atoms with Gasteiger partial charge in [0.25, 0.3) is 0 Å². The van der Waals surface area contributed by atoms with Gasteiger partial charge in [-0.1, -0.05) is 0 Å². The van der Waals surface area contributed by atoms with E-state index in [1.165, 1.54) is 6.08 Å². The van der Waals surface area contributed by atoms with Crippen molar-refractivity contribution in [3.05, 3.63) is 23.5 Å². The van der Waals surface area contributed by atoms with Crippen molar-refractivity contribution in [1.29, 1.82) is 0 Å². The molecule has 7 heteroatoms. The van der Waals surface area contributed by atoms with Gasteiger partial charge in [-0.15, -0.1) is 0 Å². The molecular formula is C15H22N4O3. The molecule has 0 spiro atoms. The van der Waals surface area contributed by atoms with Gasteiger partial charge in [0, 0.05) is 37.5 Å². The maximum Gasteiger partial charge on any atom is 0.328 e. The monoisotopic (exact) mass is 306 g/mol. The molecule has 120 valence electrons. The van der Waals surface area contributed by atoms with Crippen LogP contribution in [-0.4, -0.2) is 40.3 Å². The number of aliphatic carboxylic acids is 1. The molecule has 0 unspecified atom stereocenters. The van der Waals surface area contributed by atoms with E-state index in [9.17, 15) is 4.79 Å². The third kappa shape index (κ3) is 4.78. The van der Waals surface area contributed by atoms with Crippen molar-refractivity contribution in [3.8, 4) is 0 Å². The summed E-state index contributed by atoms with van der Waals surface area (Å²) in [6.45, 7) is 0.536. The van der Waals surface area contributed by atoms with Gasteiger partial charge in [0.15, 0.2) is 0 Å². The number of methoxy groups -OCH3 is 1. The zero-order valence-electron chi connectivity index (χ0n) is 12.7. The van der Waals surface area contributed by atoms with Crippen LogP contribution < -0.4 is 11.1 Å². The number of carbonyl (C=O) groups is 1. The minimum absolute atomic E-state index is 0.187. The van der Waals surface area contributed by atoms with Crippen molar-refractivity contribution in [2.75, 3.05) is 12.8 Å². The summed E-state index contributed by atoms with van der Waals surface area (Å²) in [6, 6.07) is 0.416. The summed E-state index contributed by atoms with van der Waals surface area (Å²) < 4.78 is 5.36. The Kier molecular flexibility index (Phi) is 5.85. The SMILES string of the molecule is COC1CCC(NCc2nc(N)ncc2/C=C/C(=O)O)CC1. The Balaban J connectivity index is 1.97. The zero-order valence-corrected chi connectivity index (χ0v) is 12.7. The summed E-state index contributed by atoms with van der Waals surface area (Å²) in [4.78, 5) is 18.7. The molecule has 0 aromatic carbocycles. The van der Waals surface area contributed by atoms with E-state index in [4.69, 9.17) is 15.6 Å². The molecule has 1 aromatic rings. The second-order valence-corrected chi connectivity index (χ2v) is 5.39. The Bertz CT molecular complexity index is 540. The predicted octanol–water partition coefficient (Wildman–Crippen LogP) is 1.20. The molecule has 1 aliphatic rings. The molecular weight excluding hydrogens is 284 g/mol. The minimum Gasteiger partial charge on any atom is -0.478 e. The van der Waals surface area contributed by atoms with Crippen molar-refractivity contribution in [3.63, 3.8) is 0 Å². The van der Waals surface area contributed by atoms with E-state index in [2.05, 4.69) is 15.3 Å². The number of nitrogen functional groups attached to an aromatic ring is 1. The number of carboxylic acid groups (broad SMARTS) is 1. The molecule has 0 saturated heterocycles. The summed E-state index contributed by atoms with van der Waals surface area (Å²) >= 11 is 0. The van der Waals surface area contributed by atoms with E-state index in [0.29, 0.717) is 29.9 Å². The molecule has 22 heavy (non-hydrogen) atoms. The van der Waals surface area contributed by atoms with Crippen LogP contribution in [0.15, 0.2) is 12.3 Å². The van der Waals surface area contributed by atoms with Crippen molar-refractivity contribution < 1.29 is 14.6 Å². The molecule has 7 nitrogen and oxygen atoms in total. The van der Waals surface area contributed by atoms with Crippen molar-refractivity contribution in [2.45, 2.75) is 44.4 Å².